The number of aryl methyl sites for hydroxylation is 4. The van der Waals surface area contributed by atoms with E-state index in [4.69, 9.17) is 5.84 Å². The minimum atomic E-state index is 0.738. The maximum Gasteiger partial charge on any atom is 0.188 e. The van der Waals surface area contributed by atoms with Gasteiger partial charge in [-0.3, -0.25) is 4.68 Å². The lowest BCUT2D eigenvalue weighted by molar-refractivity contribution is 0.760. The molecular weight excluding hydrogens is 260 g/mol. The van der Waals surface area contributed by atoms with Gasteiger partial charge in [-0.2, -0.15) is 5.10 Å². The molecule has 0 aliphatic carbocycles. The van der Waals surface area contributed by atoms with E-state index < -0.39 is 0 Å². The summed E-state index contributed by atoms with van der Waals surface area (Å²) in [7, 11) is 1.86. The van der Waals surface area contributed by atoms with Crippen LogP contribution in [-0.4, -0.2) is 19.7 Å². The molecule has 2 aromatic heterocycles. The first kappa shape index (κ1) is 13.8. The summed E-state index contributed by atoms with van der Waals surface area (Å²) in [6.07, 6.45) is 0. The van der Waals surface area contributed by atoms with Crippen molar-refractivity contribution in [1.29, 1.82) is 0 Å². The van der Waals surface area contributed by atoms with Crippen molar-refractivity contribution >= 4 is 17.6 Å². The highest BCUT2D eigenvalue weighted by Crippen LogP contribution is 2.26. The molecule has 0 fully saturated rings. The summed E-state index contributed by atoms with van der Waals surface area (Å²) >= 11 is 1.59. The van der Waals surface area contributed by atoms with E-state index in [2.05, 4.69) is 20.5 Å². The third-order valence-electron chi connectivity index (χ3n) is 2.79. The van der Waals surface area contributed by atoms with Gasteiger partial charge >= 0.3 is 0 Å². The highest BCUT2D eigenvalue weighted by Gasteiger charge is 2.13. The van der Waals surface area contributed by atoms with Crippen molar-refractivity contribution < 1.29 is 0 Å². The van der Waals surface area contributed by atoms with E-state index >= 15 is 0 Å². The Hall–Kier alpha value is -1.60. The fraction of sp³-hybridized carbons (Fsp3) is 0.417. The number of nitrogens with one attached hydrogen (secondary N) is 1. The van der Waals surface area contributed by atoms with Crippen LogP contribution in [0.2, 0.25) is 0 Å². The first-order chi connectivity index (χ1) is 9.01. The maximum absolute atomic E-state index is 5.53. The van der Waals surface area contributed by atoms with Crippen LogP contribution < -0.4 is 11.3 Å². The molecule has 0 aliphatic heterocycles. The predicted octanol–water partition coefficient (Wildman–Crippen LogP) is 1.71. The molecule has 0 spiro atoms. The van der Waals surface area contributed by atoms with Gasteiger partial charge in [-0.15, -0.1) is 0 Å². The fourth-order valence-electron chi connectivity index (χ4n) is 1.95. The summed E-state index contributed by atoms with van der Waals surface area (Å²) < 4.78 is 1.74. The van der Waals surface area contributed by atoms with Gasteiger partial charge in [-0.25, -0.2) is 15.8 Å². The molecule has 0 aromatic carbocycles. The number of nitrogens with two attached hydrogens (primary N) is 1. The molecule has 3 N–H and O–H groups in total. The number of hydrazine groups is 1. The van der Waals surface area contributed by atoms with E-state index in [1.807, 2.05) is 33.9 Å². The fourth-order valence-corrected chi connectivity index (χ4v) is 2.99. The van der Waals surface area contributed by atoms with Crippen LogP contribution in [0.1, 0.15) is 22.6 Å². The van der Waals surface area contributed by atoms with Crippen LogP contribution in [0.4, 0.5) is 5.82 Å². The van der Waals surface area contributed by atoms with Crippen LogP contribution in [0.15, 0.2) is 11.2 Å². The Morgan fingerprint density at radius 1 is 1.26 bits per heavy atom. The van der Waals surface area contributed by atoms with Crippen molar-refractivity contribution in [3.63, 3.8) is 0 Å². The lowest BCUT2D eigenvalue weighted by Crippen LogP contribution is -2.12. The second kappa shape index (κ2) is 5.58. The van der Waals surface area contributed by atoms with E-state index in [-0.39, 0.29) is 0 Å². The monoisotopic (exact) mass is 278 g/mol. The summed E-state index contributed by atoms with van der Waals surface area (Å²) in [6, 6.07) is 1.96. The van der Waals surface area contributed by atoms with Gasteiger partial charge in [0.05, 0.1) is 5.69 Å². The molecule has 0 amide bonds. The number of hydrogen-bond donors (Lipinski definition) is 2. The minimum absolute atomic E-state index is 0.738. The molecule has 7 heteroatoms. The molecule has 0 aliphatic rings. The zero-order valence-electron chi connectivity index (χ0n) is 11.6. The van der Waals surface area contributed by atoms with E-state index in [1.54, 1.807) is 16.4 Å². The number of hydrogen-bond acceptors (Lipinski definition) is 6. The Labute approximate surface area is 116 Å². The Balaban J connectivity index is 2.18. The van der Waals surface area contributed by atoms with Gasteiger partial charge in [-0.05, 0) is 26.8 Å². The number of anilines is 1. The third kappa shape index (κ3) is 3.05. The number of nitrogen functional groups attached to an aromatic ring is 1. The molecular formula is C12H18N6S. The molecule has 0 saturated heterocycles. The van der Waals surface area contributed by atoms with Crippen LogP contribution in [-0.2, 0) is 12.8 Å². The zero-order chi connectivity index (χ0) is 14.0. The molecule has 0 radical (unpaired) electrons. The van der Waals surface area contributed by atoms with Gasteiger partial charge < -0.3 is 5.43 Å². The molecule has 0 atom stereocenters. The van der Waals surface area contributed by atoms with E-state index in [0.29, 0.717) is 0 Å². The summed E-state index contributed by atoms with van der Waals surface area (Å²) in [5.74, 6) is 7.10. The first-order valence-electron chi connectivity index (χ1n) is 5.95. The summed E-state index contributed by atoms with van der Waals surface area (Å²) in [6.45, 7) is 5.92. The molecule has 2 aromatic rings. The van der Waals surface area contributed by atoms with Crippen molar-refractivity contribution in [2.24, 2.45) is 12.9 Å². The van der Waals surface area contributed by atoms with Gasteiger partial charge in [0.2, 0.25) is 0 Å². The van der Waals surface area contributed by atoms with Crippen molar-refractivity contribution in [2.45, 2.75) is 31.7 Å². The Morgan fingerprint density at radius 3 is 2.47 bits per heavy atom. The molecule has 0 bridgehead atoms. The van der Waals surface area contributed by atoms with Crippen molar-refractivity contribution in [1.82, 2.24) is 19.7 Å². The van der Waals surface area contributed by atoms with Gasteiger partial charge in [0.25, 0.3) is 0 Å². The quantitative estimate of drug-likeness (QED) is 0.383. The molecule has 19 heavy (non-hydrogen) atoms. The first-order valence-corrected chi connectivity index (χ1v) is 6.94. The topological polar surface area (TPSA) is 81.7 Å². The normalized spacial score (nSPS) is 10.8. The third-order valence-corrected chi connectivity index (χ3v) is 3.66. The van der Waals surface area contributed by atoms with Gasteiger partial charge in [0.1, 0.15) is 5.82 Å². The molecule has 2 heterocycles. The van der Waals surface area contributed by atoms with E-state index in [0.717, 1.165) is 39.4 Å². The SMILES string of the molecule is Cc1cc(C)nc(SCc2c(C)nn(C)c2NN)n1. The van der Waals surface area contributed by atoms with Crippen LogP contribution in [0.5, 0.6) is 0 Å². The number of nitrogens with zero attached hydrogens (tertiary/aromatic N) is 4. The van der Waals surface area contributed by atoms with E-state index in [1.165, 1.54) is 0 Å². The zero-order valence-corrected chi connectivity index (χ0v) is 12.4. The standard InChI is InChI=1S/C12H18N6S/c1-7-5-8(2)15-12(14-7)19-6-10-9(3)17-18(4)11(10)16-13/h5,16H,6,13H2,1-4H3. The molecule has 6 nitrogen and oxygen atoms in total. The van der Waals surface area contributed by atoms with Crippen LogP contribution >= 0.6 is 11.8 Å². The van der Waals surface area contributed by atoms with Crippen LogP contribution in [0.3, 0.4) is 0 Å². The molecule has 2 rings (SSSR count). The molecule has 102 valence electrons. The van der Waals surface area contributed by atoms with Gasteiger partial charge in [0.15, 0.2) is 5.16 Å². The van der Waals surface area contributed by atoms with Gasteiger partial charge in [0, 0.05) is 29.8 Å². The smallest absolute Gasteiger partial charge is 0.188 e. The maximum atomic E-state index is 5.53. The minimum Gasteiger partial charge on any atom is -0.308 e. The summed E-state index contributed by atoms with van der Waals surface area (Å²) in [5, 5.41) is 5.13. The Morgan fingerprint density at radius 2 is 1.89 bits per heavy atom. The lowest BCUT2D eigenvalue weighted by Gasteiger charge is -2.05. The van der Waals surface area contributed by atoms with Crippen LogP contribution in [0.25, 0.3) is 0 Å². The Bertz CT molecular complexity index is 572. The second-order valence-electron chi connectivity index (χ2n) is 4.40. The van der Waals surface area contributed by atoms with Crippen molar-refractivity contribution in [2.75, 3.05) is 5.43 Å². The van der Waals surface area contributed by atoms with Crippen LogP contribution in [0, 0.1) is 20.8 Å². The largest absolute Gasteiger partial charge is 0.308 e. The van der Waals surface area contributed by atoms with Crippen molar-refractivity contribution in [3.05, 3.63) is 28.7 Å². The highest BCUT2D eigenvalue weighted by molar-refractivity contribution is 7.98. The van der Waals surface area contributed by atoms with Gasteiger partial charge in [-0.1, -0.05) is 11.8 Å². The van der Waals surface area contributed by atoms with Crippen molar-refractivity contribution in [3.8, 4) is 0 Å². The summed E-state index contributed by atoms with van der Waals surface area (Å²) in [4.78, 5) is 8.83. The highest BCUT2D eigenvalue weighted by atomic mass is 32.2. The molecule has 0 unspecified atom stereocenters. The number of thioether (sulfide) groups is 1. The average molecular weight is 278 g/mol. The lowest BCUT2D eigenvalue weighted by atomic mass is 10.3. The summed E-state index contributed by atoms with van der Waals surface area (Å²) in [5.41, 5.74) is 6.70. The predicted molar refractivity (Wildman–Crippen MR) is 76.8 cm³/mol. The molecule has 0 saturated carbocycles. The number of rotatable bonds is 4. The second-order valence-corrected chi connectivity index (χ2v) is 5.34. The number of aromatic nitrogens is 4. The Kier molecular flexibility index (Phi) is 4.06. The average Bonchev–Trinajstić information content (AvgIpc) is 2.59. The van der Waals surface area contributed by atoms with E-state index in [9.17, 15) is 0 Å².